The van der Waals surface area contributed by atoms with E-state index in [1.54, 1.807) is 12.0 Å². The molecule has 0 radical (unpaired) electrons. The number of carbonyl (C=O) groups excluding carboxylic acids is 2. The summed E-state index contributed by atoms with van der Waals surface area (Å²) in [4.78, 5) is 26.7. The van der Waals surface area contributed by atoms with Gasteiger partial charge in [-0.25, -0.2) is 0 Å². The first-order valence-electron chi connectivity index (χ1n) is 7.47. The Balaban J connectivity index is 3.01. The Bertz CT molecular complexity index is 357. The molecule has 1 rings (SSSR count). The van der Waals surface area contributed by atoms with Crippen molar-refractivity contribution in [2.75, 3.05) is 13.7 Å². The lowest BCUT2D eigenvalue weighted by molar-refractivity contribution is -0.154. The van der Waals surface area contributed by atoms with Crippen LogP contribution in [0, 0.1) is 11.8 Å². The highest BCUT2D eigenvalue weighted by Crippen LogP contribution is 2.22. The average Bonchev–Trinajstić information content (AvgIpc) is 2.40. The SMILES string of the molecule is CCC(C)C1NC(=O)C(C(C)C)N(CC(C)OC)C1=O. The van der Waals surface area contributed by atoms with Crippen molar-refractivity contribution in [3.8, 4) is 0 Å². The summed E-state index contributed by atoms with van der Waals surface area (Å²) in [5, 5.41) is 2.90. The quantitative estimate of drug-likeness (QED) is 0.802. The van der Waals surface area contributed by atoms with Crippen molar-refractivity contribution >= 4 is 11.8 Å². The molecule has 0 saturated carbocycles. The van der Waals surface area contributed by atoms with Gasteiger partial charge < -0.3 is 15.0 Å². The maximum atomic E-state index is 12.7. The molecule has 0 aromatic rings. The van der Waals surface area contributed by atoms with E-state index in [2.05, 4.69) is 5.32 Å². The third-order valence-electron chi connectivity index (χ3n) is 4.15. The summed E-state index contributed by atoms with van der Waals surface area (Å²) in [6, 6.07) is -0.813. The molecule has 20 heavy (non-hydrogen) atoms. The van der Waals surface area contributed by atoms with E-state index in [-0.39, 0.29) is 29.8 Å². The second-order valence-corrected chi connectivity index (χ2v) is 6.10. The number of ether oxygens (including phenoxy) is 1. The highest BCUT2D eigenvalue weighted by Gasteiger charge is 2.43. The third kappa shape index (κ3) is 3.51. The van der Waals surface area contributed by atoms with E-state index in [1.807, 2.05) is 34.6 Å². The Hall–Kier alpha value is -1.10. The minimum atomic E-state index is -0.411. The summed E-state index contributed by atoms with van der Waals surface area (Å²) in [5.74, 6) is 0.190. The Labute approximate surface area is 122 Å². The second kappa shape index (κ2) is 7.07. The number of rotatable bonds is 6. The standard InChI is InChI=1S/C15H28N2O3/c1-7-10(4)12-15(19)17(8-11(5)20-6)13(9(2)3)14(18)16-12/h9-13H,7-8H2,1-6H3,(H,16,18). The smallest absolute Gasteiger partial charge is 0.246 e. The topological polar surface area (TPSA) is 58.6 Å². The van der Waals surface area contributed by atoms with Gasteiger partial charge in [0.05, 0.1) is 6.10 Å². The van der Waals surface area contributed by atoms with Gasteiger partial charge in [0.2, 0.25) is 11.8 Å². The van der Waals surface area contributed by atoms with E-state index in [9.17, 15) is 9.59 Å². The maximum absolute atomic E-state index is 12.7. The van der Waals surface area contributed by atoms with E-state index >= 15 is 0 Å². The summed E-state index contributed by atoms with van der Waals surface area (Å²) in [6.45, 7) is 10.3. The van der Waals surface area contributed by atoms with E-state index in [0.717, 1.165) is 6.42 Å². The third-order valence-corrected chi connectivity index (χ3v) is 4.15. The molecule has 1 aliphatic rings. The van der Waals surface area contributed by atoms with Crippen molar-refractivity contribution in [1.29, 1.82) is 0 Å². The van der Waals surface area contributed by atoms with Crippen molar-refractivity contribution in [2.45, 2.75) is 59.2 Å². The number of methoxy groups -OCH3 is 1. The van der Waals surface area contributed by atoms with Crippen LogP contribution in [0.5, 0.6) is 0 Å². The van der Waals surface area contributed by atoms with E-state index < -0.39 is 12.1 Å². The number of piperazine rings is 1. The second-order valence-electron chi connectivity index (χ2n) is 6.10. The van der Waals surface area contributed by atoms with Crippen LogP contribution < -0.4 is 5.32 Å². The zero-order valence-electron chi connectivity index (χ0n) is 13.5. The zero-order chi connectivity index (χ0) is 15.4. The lowest BCUT2D eigenvalue weighted by Gasteiger charge is -2.43. The number of amides is 2. The molecule has 0 aromatic heterocycles. The van der Waals surface area contributed by atoms with Gasteiger partial charge in [-0.15, -0.1) is 0 Å². The van der Waals surface area contributed by atoms with E-state index in [1.165, 1.54) is 0 Å². The fourth-order valence-corrected chi connectivity index (χ4v) is 2.60. The fraction of sp³-hybridized carbons (Fsp3) is 0.867. The van der Waals surface area contributed by atoms with Gasteiger partial charge in [0.25, 0.3) is 0 Å². The van der Waals surface area contributed by atoms with Crippen molar-refractivity contribution in [2.24, 2.45) is 11.8 Å². The van der Waals surface area contributed by atoms with Crippen LogP contribution in [0.1, 0.15) is 41.0 Å². The Morgan fingerprint density at radius 1 is 1.25 bits per heavy atom. The molecule has 0 aromatic carbocycles. The minimum Gasteiger partial charge on any atom is -0.380 e. The predicted octanol–water partition coefficient (Wildman–Crippen LogP) is 1.42. The molecule has 0 bridgehead atoms. The van der Waals surface area contributed by atoms with E-state index in [4.69, 9.17) is 4.74 Å². The lowest BCUT2D eigenvalue weighted by Crippen LogP contribution is -2.67. The first kappa shape index (κ1) is 17.0. The van der Waals surface area contributed by atoms with Crippen molar-refractivity contribution < 1.29 is 14.3 Å². The summed E-state index contributed by atoms with van der Waals surface area (Å²) in [5.41, 5.74) is 0. The maximum Gasteiger partial charge on any atom is 0.246 e. The molecule has 5 heteroatoms. The predicted molar refractivity (Wildman–Crippen MR) is 78.2 cm³/mol. The van der Waals surface area contributed by atoms with Crippen LogP contribution in [-0.4, -0.2) is 48.6 Å². The van der Waals surface area contributed by atoms with Gasteiger partial charge in [-0.05, 0) is 18.8 Å². The summed E-state index contributed by atoms with van der Waals surface area (Å²) < 4.78 is 5.26. The fourth-order valence-electron chi connectivity index (χ4n) is 2.60. The minimum absolute atomic E-state index is 0.0153. The molecule has 0 aliphatic carbocycles. The van der Waals surface area contributed by atoms with Crippen molar-refractivity contribution in [1.82, 2.24) is 10.2 Å². The van der Waals surface area contributed by atoms with Crippen molar-refractivity contribution in [3.63, 3.8) is 0 Å². The van der Waals surface area contributed by atoms with Crippen LogP contribution in [0.3, 0.4) is 0 Å². The van der Waals surface area contributed by atoms with Crippen molar-refractivity contribution in [3.05, 3.63) is 0 Å². The van der Waals surface area contributed by atoms with Crippen LogP contribution in [0.25, 0.3) is 0 Å². The van der Waals surface area contributed by atoms with Gasteiger partial charge >= 0.3 is 0 Å². The summed E-state index contributed by atoms with van der Waals surface area (Å²) in [6.07, 6.45) is 0.778. The molecule has 1 saturated heterocycles. The van der Waals surface area contributed by atoms with E-state index in [0.29, 0.717) is 6.54 Å². The summed E-state index contributed by atoms with van der Waals surface area (Å²) in [7, 11) is 1.62. The number of nitrogens with one attached hydrogen (secondary N) is 1. The molecular weight excluding hydrogens is 256 g/mol. The first-order chi connectivity index (χ1) is 9.33. The number of carbonyl (C=O) groups is 2. The highest BCUT2D eigenvalue weighted by atomic mass is 16.5. The van der Waals surface area contributed by atoms with Gasteiger partial charge in [-0.2, -0.15) is 0 Å². The van der Waals surface area contributed by atoms with Gasteiger partial charge in [-0.1, -0.05) is 34.1 Å². The molecule has 0 spiro atoms. The average molecular weight is 284 g/mol. The van der Waals surface area contributed by atoms with Crippen LogP contribution in [0.4, 0.5) is 0 Å². The van der Waals surface area contributed by atoms with Crippen LogP contribution in [0.15, 0.2) is 0 Å². The van der Waals surface area contributed by atoms with Crippen LogP contribution in [-0.2, 0) is 14.3 Å². The van der Waals surface area contributed by atoms with Gasteiger partial charge in [0.15, 0.2) is 0 Å². The van der Waals surface area contributed by atoms with Crippen LogP contribution in [0.2, 0.25) is 0 Å². The molecule has 4 unspecified atom stereocenters. The molecule has 1 N–H and O–H groups in total. The zero-order valence-corrected chi connectivity index (χ0v) is 13.5. The normalized spacial score (nSPS) is 26.6. The molecule has 1 fully saturated rings. The van der Waals surface area contributed by atoms with Gasteiger partial charge in [-0.3, -0.25) is 9.59 Å². The van der Waals surface area contributed by atoms with Gasteiger partial charge in [0.1, 0.15) is 12.1 Å². The Kier molecular flexibility index (Phi) is 5.99. The number of nitrogens with zero attached hydrogens (tertiary/aromatic N) is 1. The van der Waals surface area contributed by atoms with Crippen LogP contribution >= 0.6 is 0 Å². The lowest BCUT2D eigenvalue weighted by atomic mass is 9.90. The number of hydrogen-bond acceptors (Lipinski definition) is 3. The number of hydrogen-bond donors (Lipinski definition) is 1. The first-order valence-corrected chi connectivity index (χ1v) is 7.47. The Morgan fingerprint density at radius 3 is 2.30 bits per heavy atom. The molecular formula is C15H28N2O3. The monoisotopic (exact) mass is 284 g/mol. The molecule has 4 atom stereocenters. The summed E-state index contributed by atoms with van der Waals surface area (Å²) >= 11 is 0. The Morgan fingerprint density at radius 2 is 1.85 bits per heavy atom. The molecule has 1 aliphatic heterocycles. The van der Waals surface area contributed by atoms with Gasteiger partial charge in [0, 0.05) is 13.7 Å². The molecule has 2 amide bonds. The molecule has 1 heterocycles. The highest BCUT2D eigenvalue weighted by molar-refractivity contribution is 5.97. The largest absolute Gasteiger partial charge is 0.380 e. The molecule has 116 valence electrons. The molecule has 5 nitrogen and oxygen atoms in total.